The minimum Gasteiger partial charge on any atom is -0.481 e. The van der Waals surface area contributed by atoms with Gasteiger partial charge in [0.25, 0.3) is 0 Å². The summed E-state index contributed by atoms with van der Waals surface area (Å²) >= 11 is 6.34. The molecule has 190 valence electrons. The number of pyridine rings is 1. The van der Waals surface area contributed by atoms with E-state index >= 15 is 4.39 Å². The van der Waals surface area contributed by atoms with E-state index in [4.69, 9.17) is 26.6 Å². The van der Waals surface area contributed by atoms with Crippen LogP contribution >= 0.6 is 11.6 Å². The third kappa shape index (κ3) is 5.05. The standard InChI is InChI=1S/C28H19ClFN3O5/c29-17-6-9-19-20-11-24(33-18-7-4-15(5-8-18)28(36)37)31-12-16(20)13-32-27(21(19)10-17)26-22(30)2-1-3-23(26)38-14-25(34)35/h1-12H,13-14H2,(H,31,33)(H,34,35)(H,36,37). The first kappa shape index (κ1) is 24.9. The largest absolute Gasteiger partial charge is 0.481 e. The van der Waals surface area contributed by atoms with Gasteiger partial charge in [-0.05, 0) is 71.3 Å². The number of anilines is 2. The molecular weight excluding hydrogens is 513 g/mol. The zero-order valence-corrected chi connectivity index (χ0v) is 20.4. The number of halogens is 2. The van der Waals surface area contributed by atoms with E-state index in [1.165, 1.54) is 30.3 Å². The van der Waals surface area contributed by atoms with E-state index in [0.29, 0.717) is 22.1 Å². The number of hydrogen-bond acceptors (Lipinski definition) is 6. The van der Waals surface area contributed by atoms with Gasteiger partial charge in [0, 0.05) is 22.5 Å². The van der Waals surface area contributed by atoms with Crippen LogP contribution in [0.2, 0.25) is 5.02 Å². The molecule has 4 aromatic rings. The van der Waals surface area contributed by atoms with Crippen molar-refractivity contribution in [2.24, 2.45) is 4.99 Å². The molecule has 10 heteroatoms. The number of rotatable bonds is 7. The molecule has 0 bridgehead atoms. The molecule has 3 N–H and O–H groups in total. The Morgan fingerprint density at radius 1 is 1.00 bits per heavy atom. The molecule has 38 heavy (non-hydrogen) atoms. The van der Waals surface area contributed by atoms with Crippen LogP contribution in [0.5, 0.6) is 5.75 Å². The first-order chi connectivity index (χ1) is 18.3. The number of aliphatic imine (C=N–C) groups is 1. The second-order valence-electron chi connectivity index (χ2n) is 8.38. The van der Waals surface area contributed by atoms with Gasteiger partial charge >= 0.3 is 11.9 Å². The molecule has 1 aliphatic rings. The molecule has 0 saturated heterocycles. The smallest absolute Gasteiger partial charge is 0.341 e. The number of ether oxygens (including phenoxy) is 1. The molecule has 0 atom stereocenters. The average molecular weight is 532 g/mol. The van der Waals surface area contributed by atoms with Crippen molar-refractivity contribution in [1.82, 2.24) is 4.98 Å². The van der Waals surface area contributed by atoms with Gasteiger partial charge in [-0.15, -0.1) is 0 Å². The lowest BCUT2D eigenvalue weighted by molar-refractivity contribution is -0.139. The highest BCUT2D eigenvalue weighted by Gasteiger charge is 2.25. The van der Waals surface area contributed by atoms with E-state index in [1.54, 1.807) is 36.5 Å². The van der Waals surface area contributed by atoms with Gasteiger partial charge in [-0.1, -0.05) is 23.7 Å². The van der Waals surface area contributed by atoms with Gasteiger partial charge in [-0.25, -0.2) is 19.0 Å². The summed E-state index contributed by atoms with van der Waals surface area (Å²) in [6.45, 7) is -0.469. The maximum absolute atomic E-state index is 15.2. The zero-order chi connectivity index (χ0) is 26.8. The Balaban J connectivity index is 1.58. The first-order valence-electron chi connectivity index (χ1n) is 11.4. The van der Waals surface area contributed by atoms with Crippen molar-refractivity contribution < 1.29 is 28.9 Å². The summed E-state index contributed by atoms with van der Waals surface area (Å²) in [5, 5.41) is 21.8. The quantitative estimate of drug-likeness (QED) is 0.275. The van der Waals surface area contributed by atoms with Crippen LogP contribution in [0, 0.1) is 5.82 Å². The number of carbonyl (C=O) groups is 2. The summed E-state index contributed by atoms with van der Waals surface area (Å²) in [4.78, 5) is 31.4. The summed E-state index contributed by atoms with van der Waals surface area (Å²) in [6, 6.07) is 17.5. The normalized spacial score (nSPS) is 12.0. The van der Waals surface area contributed by atoms with Gasteiger partial charge < -0.3 is 20.3 Å². The molecule has 0 fully saturated rings. The topological polar surface area (TPSA) is 121 Å². The molecule has 0 unspecified atom stereocenters. The van der Waals surface area contributed by atoms with E-state index in [0.717, 1.165) is 16.7 Å². The van der Waals surface area contributed by atoms with Crippen LogP contribution in [0.1, 0.15) is 27.0 Å². The summed E-state index contributed by atoms with van der Waals surface area (Å²) in [5.41, 5.74) is 3.96. The number of aromatic nitrogens is 1. The third-order valence-electron chi connectivity index (χ3n) is 5.89. The lowest BCUT2D eigenvalue weighted by Gasteiger charge is -2.16. The number of benzene rings is 3. The van der Waals surface area contributed by atoms with Crippen molar-refractivity contribution in [1.29, 1.82) is 0 Å². The maximum atomic E-state index is 15.2. The van der Waals surface area contributed by atoms with Crippen molar-refractivity contribution in [3.05, 3.63) is 106 Å². The van der Waals surface area contributed by atoms with Gasteiger partial charge in [0.1, 0.15) is 17.4 Å². The summed E-state index contributed by atoms with van der Waals surface area (Å²) in [7, 11) is 0. The summed E-state index contributed by atoms with van der Waals surface area (Å²) in [6.07, 6.45) is 1.66. The van der Waals surface area contributed by atoms with Gasteiger partial charge in [0.2, 0.25) is 0 Å². The molecule has 2 heterocycles. The van der Waals surface area contributed by atoms with Crippen molar-refractivity contribution in [3.63, 3.8) is 0 Å². The Morgan fingerprint density at radius 3 is 2.53 bits per heavy atom. The molecule has 5 rings (SSSR count). The van der Waals surface area contributed by atoms with Gasteiger partial charge in [0.15, 0.2) is 6.61 Å². The fourth-order valence-electron chi connectivity index (χ4n) is 4.18. The molecule has 0 spiro atoms. The van der Waals surface area contributed by atoms with E-state index in [-0.39, 0.29) is 29.1 Å². The molecule has 0 aliphatic carbocycles. The fraction of sp³-hybridized carbons (Fsp3) is 0.0714. The van der Waals surface area contributed by atoms with Crippen molar-refractivity contribution in [2.45, 2.75) is 6.54 Å². The van der Waals surface area contributed by atoms with Crippen LogP contribution in [0.4, 0.5) is 15.9 Å². The van der Waals surface area contributed by atoms with Crippen LogP contribution in [0.25, 0.3) is 11.1 Å². The molecule has 8 nitrogen and oxygen atoms in total. The van der Waals surface area contributed by atoms with Crippen LogP contribution in [0.15, 0.2) is 77.9 Å². The number of fused-ring (bicyclic) bond motifs is 3. The molecular formula is C28H19ClFN3O5. The fourth-order valence-corrected chi connectivity index (χ4v) is 4.35. The van der Waals surface area contributed by atoms with Gasteiger partial charge in [0.05, 0.1) is 23.4 Å². The predicted octanol–water partition coefficient (Wildman–Crippen LogP) is 5.80. The minimum absolute atomic E-state index is 0.0369. The number of carboxylic acid groups (broad SMARTS) is 2. The molecule has 0 amide bonds. The Hall–Kier alpha value is -4.76. The Labute approximate surface area is 221 Å². The van der Waals surface area contributed by atoms with Crippen LogP contribution in [0.3, 0.4) is 0 Å². The van der Waals surface area contributed by atoms with E-state index in [9.17, 15) is 9.59 Å². The average Bonchev–Trinajstić information content (AvgIpc) is 3.04. The van der Waals surface area contributed by atoms with Gasteiger partial charge in [-0.3, -0.25) is 4.99 Å². The second-order valence-corrected chi connectivity index (χ2v) is 8.82. The molecule has 0 saturated carbocycles. The highest BCUT2D eigenvalue weighted by Crippen LogP contribution is 2.37. The number of hydrogen-bond donors (Lipinski definition) is 3. The molecule has 0 radical (unpaired) electrons. The van der Waals surface area contributed by atoms with E-state index < -0.39 is 24.4 Å². The predicted molar refractivity (Wildman–Crippen MR) is 140 cm³/mol. The van der Waals surface area contributed by atoms with Crippen molar-refractivity contribution >= 4 is 40.8 Å². The highest BCUT2D eigenvalue weighted by atomic mass is 35.5. The number of nitrogens with zero attached hydrogens (tertiary/aromatic N) is 2. The Kier molecular flexibility index (Phi) is 6.76. The van der Waals surface area contributed by atoms with Crippen LogP contribution in [-0.2, 0) is 11.3 Å². The van der Waals surface area contributed by atoms with Crippen LogP contribution < -0.4 is 10.1 Å². The minimum atomic E-state index is -1.19. The number of aliphatic carboxylic acids is 1. The van der Waals surface area contributed by atoms with Crippen molar-refractivity contribution in [2.75, 3.05) is 11.9 Å². The number of carboxylic acids is 2. The Bertz CT molecular complexity index is 1610. The summed E-state index contributed by atoms with van der Waals surface area (Å²) in [5.74, 6) is -2.27. The van der Waals surface area contributed by atoms with Gasteiger partial charge in [-0.2, -0.15) is 0 Å². The lowest BCUT2D eigenvalue weighted by atomic mass is 9.92. The van der Waals surface area contributed by atoms with Crippen LogP contribution in [-0.4, -0.2) is 39.5 Å². The molecule has 1 aromatic heterocycles. The molecule has 1 aliphatic heterocycles. The lowest BCUT2D eigenvalue weighted by Crippen LogP contribution is -2.14. The monoisotopic (exact) mass is 531 g/mol. The maximum Gasteiger partial charge on any atom is 0.341 e. The zero-order valence-electron chi connectivity index (χ0n) is 19.6. The first-order valence-corrected chi connectivity index (χ1v) is 11.8. The highest BCUT2D eigenvalue weighted by molar-refractivity contribution is 6.31. The Morgan fingerprint density at radius 2 is 1.79 bits per heavy atom. The number of nitrogens with one attached hydrogen (secondary N) is 1. The number of aromatic carboxylic acids is 1. The van der Waals surface area contributed by atoms with E-state index in [2.05, 4.69) is 15.3 Å². The van der Waals surface area contributed by atoms with Crippen molar-refractivity contribution in [3.8, 4) is 16.9 Å². The summed E-state index contributed by atoms with van der Waals surface area (Å²) < 4.78 is 20.6. The SMILES string of the molecule is O=C(O)COc1cccc(F)c1C1=NCc2cnc(Nc3ccc(C(=O)O)cc3)cc2-c2ccc(Cl)cc21. The van der Waals surface area contributed by atoms with E-state index in [1.807, 2.05) is 6.07 Å². The molecule has 3 aromatic carbocycles. The second kappa shape index (κ2) is 10.3. The third-order valence-corrected chi connectivity index (χ3v) is 6.12.